The lowest BCUT2D eigenvalue weighted by Crippen LogP contribution is -2.26. The van der Waals surface area contributed by atoms with Gasteiger partial charge in [0.2, 0.25) is 5.91 Å². The third-order valence-corrected chi connectivity index (χ3v) is 4.96. The van der Waals surface area contributed by atoms with Crippen LogP contribution in [0.3, 0.4) is 0 Å². The van der Waals surface area contributed by atoms with E-state index in [-0.39, 0.29) is 18.2 Å². The lowest BCUT2D eigenvalue weighted by atomic mass is 9.85. The van der Waals surface area contributed by atoms with E-state index >= 15 is 0 Å². The van der Waals surface area contributed by atoms with E-state index in [4.69, 9.17) is 0 Å². The molecule has 2 aromatic rings. The number of amides is 1. The topological polar surface area (TPSA) is 66.4 Å². The Morgan fingerprint density at radius 2 is 1.83 bits per heavy atom. The standard InChI is InChI=1S/C19H20BrNO3/c1-12-8-9-15(10-17(12)20)21-18(22)11-16(19(23)24)13(2)14-6-4-3-5-7-14/h3-10,13,16H,11H2,1-2H3,(H,21,22)(H,23,24). The monoisotopic (exact) mass is 389 g/mol. The number of aliphatic carboxylic acids is 1. The minimum absolute atomic E-state index is 0.0725. The number of carbonyl (C=O) groups is 2. The fourth-order valence-electron chi connectivity index (χ4n) is 2.55. The fourth-order valence-corrected chi connectivity index (χ4v) is 2.93. The zero-order valence-corrected chi connectivity index (χ0v) is 15.2. The van der Waals surface area contributed by atoms with Crippen molar-refractivity contribution in [3.8, 4) is 0 Å². The molecule has 0 spiro atoms. The molecule has 2 unspecified atom stereocenters. The van der Waals surface area contributed by atoms with Gasteiger partial charge >= 0.3 is 5.97 Å². The van der Waals surface area contributed by atoms with Crippen molar-refractivity contribution in [3.05, 3.63) is 64.1 Å². The number of hydrogen-bond donors (Lipinski definition) is 2. The van der Waals surface area contributed by atoms with Gasteiger partial charge in [-0.15, -0.1) is 0 Å². The van der Waals surface area contributed by atoms with Crippen molar-refractivity contribution in [2.75, 3.05) is 5.32 Å². The second kappa shape index (κ2) is 8.11. The van der Waals surface area contributed by atoms with Gasteiger partial charge in [-0.2, -0.15) is 0 Å². The van der Waals surface area contributed by atoms with E-state index in [1.807, 2.05) is 56.3 Å². The molecule has 24 heavy (non-hydrogen) atoms. The minimum Gasteiger partial charge on any atom is -0.481 e. The fraction of sp³-hybridized carbons (Fsp3) is 0.263. The summed E-state index contributed by atoms with van der Waals surface area (Å²) >= 11 is 3.42. The average Bonchev–Trinajstić information content (AvgIpc) is 2.56. The number of nitrogens with one attached hydrogen (secondary N) is 1. The zero-order valence-electron chi connectivity index (χ0n) is 13.6. The van der Waals surface area contributed by atoms with Gasteiger partial charge in [-0.25, -0.2) is 0 Å². The summed E-state index contributed by atoms with van der Waals surface area (Å²) in [6.45, 7) is 3.79. The van der Waals surface area contributed by atoms with E-state index in [0.717, 1.165) is 15.6 Å². The number of carboxylic acid groups (broad SMARTS) is 1. The van der Waals surface area contributed by atoms with Crippen LogP contribution in [0.1, 0.15) is 30.4 Å². The van der Waals surface area contributed by atoms with Crippen LogP contribution < -0.4 is 5.32 Å². The third kappa shape index (κ3) is 4.68. The molecule has 1 amide bonds. The highest BCUT2D eigenvalue weighted by Crippen LogP contribution is 2.28. The predicted octanol–water partition coefficient (Wildman–Crippen LogP) is 4.59. The van der Waals surface area contributed by atoms with Crippen LogP contribution in [-0.4, -0.2) is 17.0 Å². The number of carboxylic acids is 1. The maximum Gasteiger partial charge on any atom is 0.307 e. The van der Waals surface area contributed by atoms with Crippen LogP contribution in [0.5, 0.6) is 0 Å². The Labute approximate surface area is 150 Å². The molecule has 0 heterocycles. The minimum atomic E-state index is -0.966. The highest BCUT2D eigenvalue weighted by atomic mass is 79.9. The van der Waals surface area contributed by atoms with Crippen molar-refractivity contribution in [3.63, 3.8) is 0 Å². The third-order valence-electron chi connectivity index (χ3n) is 4.11. The summed E-state index contributed by atoms with van der Waals surface area (Å²) in [6.07, 6.45) is -0.0725. The number of aryl methyl sites for hydroxylation is 1. The number of hydrogen-bond acceptors (Lipinski definition) is 2. The second-order valence-corrected chi connectivity index (χ2v) is 6.71. The molecule has 0 bridgehead atoms. The van der Waals surface area contributed by atoms with E-state index in [1.54, 1.807) is 6.07 Å². The van der Waals surface area contributed by atoms with Crippen molar-refractivity contribution in [1.82, 2.24) is 0 Å². The van der Waals surface area contributed by atoms with E-state index in [1.165, 1.54) is 0 Å². The predicted molar refractivity (Wildman–Crippen MR) is 98.1 cm³/mol. The molecule has 4 nitrogen and oxygen atoms in total. The summed E-state index contributed by atoms with van der Waals surface area (Å²) in [6, 6.07) is 14.9. The maximum atomic E-state index is 12.3. The summed E-state index contributed by atoms with van der Waals surface area (Å²) in [4.78, 5) is 23.9. The van der Waals surface area contributed by atoms with Crippen LogP contribution in [0.25, 0.3) is 0 Å². The van der Waals surface area contributed by atoms with Crippen LogP contribution >= 0.6 is 15.9 Å². The molecule has 2 aromatic carbocycles. The number of anilines is 1. The first-order chi connectivity index (χ1) is 11.4. The second-order valence-electron chi connectivity index (χ2n) is 5.86. The van der Waals surface area contributed by atoms with Crippen LogP contribution in [0.15, 0.2) is 53.0 Å². The molecule has 0 saturated carbocycles. The van der Waals surface area contributed by atoms with Crippen molar-refractivity contribution in [2.45, 2.75) is 26.2 Å². The SMILES string of the molecule is Cc1ccc(NC(=O)CC(C(=O)O)C(C)c2ccccc2)cc1Br. The van der Waals surface area contributed by atoms with Crippen LogP contribution in [-0.2, 0) is 9.59 Å². The van der Waals surface area contributed by atoms with Crippen LogP contribution in [0, 0.1) is 12.8 Å². The molecule has 0 radical (unpaired) electrons. The van der Waals surface area contributed by atoms with Gasteiger partial charge < -0.3 is 10.4 Å². The van der Waals surface area contributed by atoms with Gasteiger partial charge in [-0.1, -0.05) is 59.3 Å². The first-order valence-corrected chi connectivity index (χ1v) is 8.51. The Morgan fingerprint density at radius 1 is 1.17 bits per heavy atom. The Morgan fingerprint density at radius 3 is 2.42 bits per heavy atom. The molecule has 0 aliphatic rings. The van der Waals surface area contributed by atoms with E-state index in [2.05, 4.69) is 21.2 Å². The average molecular weight is 390 g/mol. The van der Waals surface area contributed by atoms with Crippen LogP contribution in [0.2, 0.25) is 0 Å². The van der Waals surface area contributed by atoms with E-state index < -0.39 is 11.9 Å². The van der Waals surface area contributed by atoms with Crippen molar-refractivity contribution < 1.29 is 14.7 Å². The summed E-state index contributed by atoms with van der Waals surface area (Å²) in [5.74, 6) is -2.30. The molecule has 0 fully saturated rings. The van der Waals surface area contributed by atoms with Crippen molar-refractivity contribution in [1.29, 1.82) is 0 Å². The van der Waals surface area contributed by atoms with Crippen LogP contribution in [0.4, 0.5) is 5.69 Å². The molecule has 2 rings (SSSR count). The molecular formula is C19H20BrNO3. The van der Waals surface area contributed by atoms with Gasteiger partial charge in [0.1, 0.15) is 0 Å². The first-order valence-electron chi connectivity index (χ1n) is 7.72. The molecular weight excluding hydrogens is 370 g/mol. The highest BCUT2D eigenvalue weighted by molar-refractivity contribution is 9.10. The number of benzene rings is 2. The summed E-state index contributed by atoms with van der Waals surface area (Å²) in [7, 11) is 0. The summed E-state index contributed by atoms with van der Waals surface area (Å²) in [5.41, 5.74) is 2.62. The first kappa shape index (κ1) is 18.2. The maximum absolute atomic E-state index is 12.3. The largest absolute Gasteiger partial charge is 0.481 e. The Kier molecular flexibility index (Phi) is 6.15. The Hall–Kier alpha value is -2.14. The molecule has 0 saturated heterocycles. The Bertz CT molecular complexity index is 731. The quantitative estimate of drug-likeness (QED) is 0.758. The molecule has 126 valence electrons. The van der Waals surface area contributed by atoms with Crippen molar-refractivity contribution in [2.24, 2.45) is 5.92 Å². The summed E-state index contributed by atoms with van der Waals surface area (Å²) in [5, 5.41) is 12.3. The van der Waals surface area contributed by atoms with Crippen molar-refractivity contribution >= 4 is 33.5 Å². The highest BCUT2D eigenvalue weighted by Gasteiger charge is 2.28. The smallest absolute Gasteiger partial charge is 0.307 e. The van der Waals surface area contributed by atoms with Gasteiger partial charge in [0.05, 0.1) is 5.92 Å². The lowest BCUT2D eigenvalue weighted by molar-refractivity contribution is -0.144. The number of rotatable bonds is 6. The number of halogens is 1. The van der Waals surface area contributed by atoms with Gasteiger partial charge in [-0.3, -0.25) is 9.59 Å². The van der Waals surface area contributed by atoms with E-state index in [9.17, 15) is 14.7 Å². The zero-order chi connectivity index (χ0) is 17.7. The Balaban J connectivity index is 2.08. The molecule has 5 heteroatoms. The summed E-state index contributed by atoms with van der Waals surface area (Å²) < 4.78 is 0.896. The number of carbonyl (C=O) groups excluding carboxylic acids is 1. The lowest BCUT2D eigenvalue weighted by Gasteiger charge is -2.20. The normalized spacial score (nSPS) is 13.1. The van der Waals surface area contributed by atoms with Gasteiger partial charge in [0.25, 0.3) is 0 Å². The van der Waals surface area contributed by atoms with Gasteiger partial charge in [0.15, 0.2) is 0 Å². The molecule has 0 aliphatic carbocycles. The molecule has 2 N–H and O–H groups in total. The van der Waals surface area contributed by atoms with Gasteiger partial charge in [-0.05, 0) is 36.1 Å². The molecule has 0 aromatic heterocycles. The van der Waals surface area contributed by atoms with Gasteiger partial charge in [0, 0.05) is 16.6 Å². The molecule has 0 aliphatic heterocycles. The van der Waals surface area contributed by atoms with E-state index in [0.29, 0.717) is 5.69 Å². The molecule has 2 atom stereocenters.